The highest BCUT2D eigenvalue weighted by Gasteiger charge is 2.14. The highest BCUT2D eigenvalue weighted by atomic mass is 15.1. The lowest BCUT2D eigenvalue weighted by Crippen LogP contribution is -2.19. The van der Waals surface area contributed by atoms with E-state index in [2.05, 4.69) is 15.3 Å². The van der Waals surface area contributed by atoms with Crippen LogP contribution in [0.3, 0.4) is 0 Å². The number of aromatic amines is 1. The molecule has 0 atom stereocenters. The molecule has 5 rings (SSSR count). The van der Waals surface area contributed by atoms with Crippen LogP contribution in [0.25, 0.3) is 11.0 Å². The molecule has 0 amide bonds. The molecule has 0 radical (unpaired) electrons. The Balaban J connectivity index is 1.26. The number of rotatable bonds is 6. The van der Waals surface area contributed by atoms with E-state index in [0.717, 1.165) is 53.5 Å². The third-order valence-corrected chi connectivity index (χ3v) is 7.01. The Hall–Kier alpha value is -3.35. The molecular weight excluding hydrogens is 422 g/mol. The van der Waals surface area contributed by atoms with Crippen molar-refractivity contribution in [2.75, 3.05) is 5.32 Å². The van der Waals surface area contributed by atoms with Gasteiger partial charge < -0.3 is 21.8 Å². The van der Waals surface area contributed by atoms with Gasteiger partial charge in [-0.3, -0.25) is 9.98 Å². The summed E-state index contributed by atoms with van der Waals surface area (Å²) in [7, 11) is 0. The molecule has 6 N–H and O–H groups in total. The summed E-state index contributed by atoms with van der Waals surface area (Å²) in [5.41, 5.74) is 17.2. The van der Waals surface area contributed by atoms with E-state index in [1.165, 1.54) is 38.5 Å². The van der Waals surface area contributed by atoms with Crippen molar-refractivity contribution in [1.82, 2.24) is 9.97 Å². The Morgan fingerprint density at radius 3 is 1.94 bits per heavy atom. The molecule has 3 aromatic rings. The third-order valence-electron chi connectivity index (χ3n) is 7.01. The standard InChI is InChI=1S/C27H35N7/c28-25(30-20-7-3-1-4-8-20)18-11-14-22(15-12-18)32-27-33-23-16-13-19(17-24(23)34-27)26(29)31-21-9-5-2-6-10-21/h11-17,20-21H,1-10H2,(H2,28,30)(H2,29,31)(H2,32,33,34). The molecule has 7 heteroatoms. The maximum absolute atomic E-state index is 6.32. The van der Waals surface area contributed by atoms with E-state index in [1.54, 1.807) is 0 Å². The predicted octanol–water partition coefficient (Wildman–Crippen LogP) is 5.38. The van der Waals surface area contributed by atoms with Crippen molar-refractivity contribution in [3.05, 3.63) is 53.6 Å². The Labute approximate surface area is 201 Å². The first-order valence-electron chi connectivity index (χ1n) is 12.7. The van der Waals surface area contributed by atoms with Gasteiger partial charge in [0.25, 0.3) is 0 Å². The number of amidine groups is 2. The number of nitrogens with two attached hydrogens (primary N) is 2. The Morgan fingerprint density at radius 2 is 1.32 bits per heavy atom. The quantitative estimate of drug-likeness (QED) is 0.293. The van der Waals surface area contributed by atoms with E-state index in [0.29, 0.717) is 29.7 Å². The second kappa shape index (κ2) is 10.3. The van der Waals surface area contributed by atoms with E-state index in [4.69, 9.17) is 21.5 Å². The second-order valence-electron chi connectivity index (χ2n) is 9.63. The van der Waals surface area contributed by atoms with Gasteiger partial charge in [0.1, 0.15) is 11.7 Å². The van der Waals surface area contributed by atoms with Gasteiger partial charge in [-0.1, -0.05) is 38.5 Å². The van der Waals surface area contributed by atoms with Crippen molar-refractivity contribution in [1.29, 1.82) is 0 Å². The summed E-state index contributed by atoms with van der Waals surface area (Å²) < 4.78 is 0. The molecule has 0 aliphatic heterocycles. The fourth-order valence-electron chi connectivity index (χ4n) is 5.05. The summed E-state index contributed by atoms with van der Waals surface area (Å²) in [6, 6.07) is 14.8. The van der Waals surface area contributed by atoms with Gasteiger partial charge in [0.2, 0.25) is 5.95 Å². The highest BCUT2D eigenvalue weighted by molar-refractivity contribution is 6.00. The first-order valence-corrected chi connectivity index (χ1v) is 12.7. The van der Waals surface area contributed by atoms with Crippen LogP contribution in [0.1, 0.15) is 75.3 Å². The fourth-order valence-corrected chi connectivity index (χ4v) is 5.05. The lowest BCUT2D eigenvalue weighted by molar-refractivity contribution is 0.443. The van der Waals surface area contributed by atoms with Crippen LogP contribution in [-0.2, 0) is 0 Å². The molecule has 34 heavy (non-hydrogen) atoms. The number of fused-ring (bicyclic) bond motifs is 1. The topological polar surface area (TPSA) is 117 Å². The van der Waals surface area contributed by atoms with Gasteiger partial charge in [0.05, 0.1) is 23.1 Å². The smallest absolute Gasteiger partial charge is 0.205 e. The molecule has 0 unspecified atom stereocenters. The monoisotopic (exact) mass is 457 g/mol. The minimum Gasteiger partial charge on any atom is -0.383 e. The minimum atomic E-state index is 0.355. The van der Waals surface area contributed by atoms with Crippen LogP contribution >= 0.6 is 0 Å². The first kappa shape index (κ1) is 22.4. The largest absolute Gasteiger partial charge is 0.383 e. The maximum atomic E-state index is 6.32. The van der Waals surface area contributed by atoms with E-state index in [-0.39, 0.29) is 0 Å². The van der Waals surface area contributed by atoms with Crippen molar-refractivity contribution in [2.45, 2.75) is 76.3 Å². The maximum Gasteiger partial charge on any atom is 0.205 e. The molecule has 0 bridgehead atoms. The number of imidazole rings is 1. The van der Waals surface area contributed by atoms with Crippen LogP contribution in [0.5, 0.6) is 0 Å². The third kappa shape index (κ3) is 5.41. The molecule has 2 fully saturated rings. The van der Waals surface area contributed by atoms with E-state index >= 15 is 0 Å². The Morgan fingerprint density at radius 1 is 0.765 bits per heavy atom. The van der Waals surface area contributed by atoms with Crippen molar-refractivity contribution >= 4 is 34.3 Å². The number of hydrogen-bond donors (Lipinski definition) is 4. The SMILES string of the molecule is NC(=NC1CCCCC1)c1ccc(Nc2nc3ccc(C(N)=NC4CCCCC4)cc3[nH]2)cc1. The number of hydrogen-bond acceptors (Lipinski definition) is 4. The summed E-state index contributed by atoms with van der Waals surface area (Å²) in [5, 5.41) is 3.35. The van der Waals surface area contributed by atoms with Crippen LogP contribution in [0, 0.1) is 0 Å². The summed E-state index contributed by atoms with van der Waals surface area (Å²) in [4.78, 5) is 17.5. The zero-order chi connectivity index (χ0) is 23.3. The van der Waals surface area contributed by atoms with Crippen LogP contribution in [0.15, 0.2) is 52.4 Å². The molecular formula is C27H35N7. The van der Waals surface area contributed by atoms with Gasteiger partial charge >= 0.3 is 0 Å². The summed E-state index contributed by atoms with van der Waals surface area (Å²) in [6.07, 6.45) is 12.2. The molecule has 2 aliphatic rings. The zero-order valence-corrected chi connectivity index (χ0v) is 19.8. The number of benzene rings is 2. The molecule has 178 valence electrons. The van der Waals surface area contributed by atoms with Gasteiger partial charge in [0, 0.05) is 16.8 Å². The van der Waals surface area contributed by atoms with Crippen molar-refractivity contribution in [3.63, 3.8) is 0 Å². The van der Waals surface area contributed by atoms with Crippen LogP contribution in [-0.4, -0.2) is 33.7 Å². The number of aliphatic imine (C=N–C) groups is 2. The lowest BCUT2D eigenvalue weighted by Gasteiger charge is -2.18. The van der Waals surface area contributed by atoms with Gasteiger partial charge in [-0.05, 0) is 68.1 Å². The lowest BCUT2D eigenvalue weighted by atomic mass is 9.96. The summed E-state index contributed by atoms with van der Waals surface area (Å²) in [5.74, 6) is 1.93. The number of nitrogens with zero attached hydrogens (tertiary/aromatic N) is 3. The number of H-pyrrole nitrogens is 1. The van der Waals surface area contributed by atoms with Crippen LogP contribution < -0.4 is 16.8 Å². The Kier molecular flexibility index (Phi) is 6.79. The fraction of sp³-hybridized carbons (Fsp3) is 0.444. The van der Waals surface area contributed by atoms with Gasteiger partial charge in [-0.25, -0.2) is 4.98 Å². The molecule has 2 aliphatic carbocycles. The zero-order valence-electron chi connectivity index (χ0n) is 19.8. The number of aromatic nitrogens is 2. The molecule has 7 nitrogen and oxygen atoms in total. The molecule has 1 heterocycles. The number of anilines is 2. The average Bonchev–Trinajstić information content (AvgIpc) is 3.27. The molecule has 1 aromatic heterocycles. The first-order chi connectivity index (χ1) is 16.6. The summed E-state index contributed by atoms with van der Waals surface area (Å²) in [6.45, 7) is 0. The molecule has 0 saturated heterocycles. The van der Waals surface area contributed by atoms with E-state index in [9.17, 15) is 0 Å². The van der Waals surface area contributed by atoms with Crippen LogP contribution in [0.4, 0.5) is 11.6 Å². The number of nitrogens with one attached hydrogen (secondary N) is 2. The van der Waals surface area contributed by atoms with Crippen LogP contribution in [0.2, 0.25) is 0 Å². The van der Waals surface area contributed by atoms with Crippen molar-refractivity contribution in [3.8, 4) is 0 Å². The van der Waals surface area contributed by atoms with E-state index in [1.807, 2.05) is 42.5 Å². The van der Waals surface area contributed by atoms with Gasteiger partial charge in [-0.2, -0.15) is 0 Å². The minimum absolute atomic E-state index is 0.355. The average molecular weight is 458 g/mol. The molecule has 2 saturated carbocycles. The van der Waals surface area contributed by atoms with Crippen molar-refractivity contribution < 1.29 is 0 Å². The van der Waals surface area contributed by atoms with Gasteiger partial charge in [0.15, 0.2) is 0 Å². The molecule has 0 spiro atoms. The van der Waals surface area contributed by atoms with Gasteiger partial charge in [-0.15, -0.1) is 0 Å². The normalized spacial score (nSPS) is 18.9. The summed E-state index contributed by atoms with van der Waals surface area (Å²) >= 11 is 0. The van der Waals surface area contributed by atoms with Crippen molar-refractivity contribution in [2.24, 2.45) is 21.5 Å². The highest BCUT2D eigenvalue weighted by Crippen LogP contribution is 2.23. The molecule has 2 aromatic carbocycles. The predicted molar refractivity (Wildman–Crippen MR) is 141 cm³/mol. The second-order valence-corrected chi connectivity index (χ2v) is 9.63. The van der Waals surface area contributed by atoms with E-state index < -0.39 is 0 Å². The Bertz CT molecular complexity index is 1160.